The number of urea groups is 1. The molecule has 1 saturated carbocycles. The number of esters is 1. The van der Waals surface area contributed by atoms with Crippen LogP contribution >= 0.6 is 0 Å². The summed E-state index contributed by atoms with van der Waals surface area (Å²) in [5, 5.41) is 2.80. The Balaban J connectivity index is 1.42. The van der Waals surface area contributed by atoms with Gasteiger partial charge < -0.3 is 10.1 Å². The normalized spacial score (nSPS) is 23.8. The monoisotopic (exact) mass is 412 g/mol. The van der Waals surface area contributed by atoms with Gasteiger partial charge in [0.2, 0.25) is 0 Å². The number of carbonyl (C=O) groups excluding carboxylic acids is 3. The molecule has 0 unspecified atom stereocenters. The van der Waals surface area contributed by atoms with Gasteiger partial charge in [-0.05, 0) is 37.3 Å². The number of aromatic nitrogens is 2. The summed E-state index contributed by atoms with van der Waals surface area (Å²) in [5.74, 6) is -1.08. The fraction of sp³-hybridized carbons (Fsp3) is 0.476. The molecule has 0 bridgehead atoms. The van der Waals surface area contributed by atoms with Gasteiger partial charge in [-0.25, -0.2) is 9.78 Å². The minimum Gasteiger partial charge on any atom is -0.458 e. The number of amides is 3. The molecule has 4 rings (SSSR count). The summed E-state index contributed by atoms with van der Waals surface area (Å²) in [6.07, 6.45) is 4.99. The molecule has 1 saturated heterocycles. The van der Waals surface area contributed by atoms with E-state index in [-0.39, 0.29) is 24.0 Å². The Morgan fingerprint density at radius 3 is 2.87 bits per heavy atom. The first-order valence-corrected chi connectivity index (χ1v) is 10.1. The van der Waals surface area contributed by atoms with Crippen molar-refractivity contribution in [1.82, 2.24) is 19.6 Å². The smallest absolute Gasteiger partial charge is 0.326 e. The molecule has 1 spiro atoms. The molecule has 2 atom stereocenters. The summed E-state index contributed by atoms with van der Waals surface area (Å²) in [6, 6.07) is 4.27. The zero-order valence-electron chi connectivity index (χ0n) is 17.0. The second-order valence-electron chi connectivity index (χ2n) is 8.12. The number of ether oxygens (including phenoxy) is 1. The SMILES string of the molecule is Cc1ccc2nc(COC(=O)CN3C(=O)N[C@]4(CCCC[C@H]4C)C3=O)cc(=O)n2c1. The third kappa shape index (κ3) is 3.44. The molecular weight excluding hydrogens is 388 g/mol. The van der Waals surface area contributed by atoms with E-state index in [1.54, 1.807) is 12.3 Å². The zero-order valence-corrected chi connectivity index (χ0v) is 17.0. The summed E-state index contributed by atoms with van der Waals surface area (Å²) < 4.78 is 6.61. The molecule has 3 amide bonds. The van der Waals surface area contributed by atoms with E-state index in [1.165, 1.54) is 10.5 Å². The predicted octanol–water partition coefficient (Wildman–Crippen LogP) is 1.55. The van der Waals surface area contributed by atoms with Gasteiger partial charge in [0.05, 0.1) is 5.69 Å². The Labute approximate surface area is 173 Å². The minimum absolute atomic E-state index is 0.0159. The van der Waals surface area contributed by atoms with Crippen LogP contribution in [-0.4, -0.2) is 44.3 Å². The van der Waals surface area contributed by atoms with E-state index in [0.29, 0.717) is 17.8 Å². The molecule has 9 heteroatoms. The van der Waals surface area contributed by atoms with E-state index in [2.05, 4.69) is 10.3 Å². The van der Waals surface area contributed by atoms with Crippen molar-refractivity contribution in [1.29, 1.82) is 0 Å². The summed E-state index contributed by atoms with van der Waals surface area (Å²) in [4.78, 5) is 55.1. The van der Waals surface area contributed by atoms with Gasteiger partial charge in [0.1, 0.15) is 24.3 Å². The molecule has 0 aromatic carbocycles. The Kier molecular flexibility index (Phi) is 5.05. The molecule has 9 nitrogen and oxygen atoms in total. The minimum atomic E-state index is -0.914. The van der Waals surface area contributed by atoms with Crippen molar-refractivity contribution in [2.24, 2.45) is 5.92 Å². The number of rotatable bonds is 4. The molecule has 1 aliphatic carbocycles. The summed E-state index contributed by atoms with van der Waals surface area (Å²) in [6.45, 7) is 3.13. The molecule has 2 fully saturated rings. The van der Waals surface area contributed by atoms with Crippen LogP contribution in [0.15, 0.2) is 29.2 Å². The number of hydrogen-bond donors (Lipinski definition) is 1. The molecule has 1 aliphatic heterocycles. The van der Waals surface area contributed by atoms with Crippen molar-refractivity contribution in [2.75, 3.05) is 6.54 Å². The van der Waals surface area contributed by atoms with E-state index in [9.17, 15) is 19.2 Å². The van der Waals surface area contributed by atoms with E-state index >= 15 is 0 Å². The lowest BCUT2D eigenvalue weighted by molar-refractivity contribution is -0.149. The van der Waals surface area contributed by atoms with Gasteiger partial charge in [-0.3, -0.25) is 23.7 Å². The number of hydrogen-bond acceptors (Lipinski definition) is 6. The van der Waals surface area contributed by atoms with Crippen LogP contribution in [0.25, 0.3) is 5.65 Å². The van der Waals surface area contributed by atoms with E-state index in [0.717, 1.165) is 29.7 Å². The predicted molar refractivity (Wildman–Crippen MR) is 107 cm³/mol. The fourth-order valence-corrected chi connectivity index (χ4v) is 4.30. The second kappa shape index (κ2) is 7.55. The van der Waals surface area contributed by atoms with Gasteiger partial charge in [0, 0.05) is 12.3 Å². The van der Waals surface area contributed by atoms with Gasteiger partial charge in [-0.2, -0.15) is 0 Å². The average molecular weight is 412 g/mol. The van der Waals surface area contributed by atoms with E-state index in [1.807, 2.05) is 19.9 Å². The summed E-state index contributed by atoms with van der Waals surface area (Å²) in [7, 11) is 0. The average Bonchev–Trinajstić information content (AvgIpc) is 2.94. The molecule has 0 radical (unpaired) electrons. The van der Waals surface area contributed by atoms with Crippen molar-refractivity contribution in [2.45, 2.75) is 51.7 Å². The highest BCUT2D eigenvalue weighted by Crippen LogP contribution is 2.38. The largest absolute Gasteiger partial charge is 0.458 e. The molecule has 2 aromatic heterocycles. The van der Waals surface area contributed by atoms with Crippen molar-refractivity contribution < 1.29 is 19.1 Å². The highest BCUT2D eigenvalue weighted by atomic mass is 16.5. The third-order valence-corrected chi connectivity index (χ3v) is 6.03. The van der Waals surface area contributed by atoms with Crippen LogP contribution in [0.2, 0.25) is 0 Å². The highest BCUT2D eigenvalue weighted by Gasteiger charge is 2.55. The quantitative estimate of drug-likeness (QED) is 0.603. The van der Waals surface area contributed by atoms with Crippen molar-refractivity contribution in [3.8, 4) is 0 Å². The molecule has 1 N–H and O–H groups in total. The highest BCUT2D eigenvalue weighted by molar-refractivity contribution is 6.08. The lowest BCUT2D eigenvalue weighted by Crippen LogP contribution is -2.54. The van der Waals surface area contributed by atoms with Gasteiger partial charge in [-0.15, -0.1) is 0 Å². The number of pyridine rings is 1. The molecule has 30 heavy (non-hydrogen) atoms. The Hall–Kier alpha value is -3.23. The maximum Gasteiger partial charge on any atom is 0.326 e. The first-order valence-electron chi connectivity index (χ1n) is 10.1. The van der Waals surface area contributed by atoms with E-state index in [4.69, 9.17) is 4.74 Å². The zero-order chi connectivity index (χ0) is 21.5. The topological polar surface area (TPSA) is 110 Å². The van der Waals surface area contributed by atoms with Crippen LogP contribution in [0, 0.1) is 12.8 Å². The van der Waals surface area contributed by atoms with E-state index < -0.39 is 24.1 Å². The van der Waals surface area contributed by atoms with Crippen molar-refractivity contribution in [3.63, 3.8) is 0 Å². The number of imide groups is 1. The Morgan fingerprint density at radius 1 is 1.30 bits per heavy atom. The van der Waals surface area contributed by atoms with Crippen LogP contribution in [0.5, 0.6) is 0 Å². The van der Waals surface area contributed by atoms with Gasteiger partial charge in [0.15, 0.2) is 0 Å². The first-order chi connectivity index (χ1) is 14.3. The van der Waals surface area contributed by atoms with Crippen LogP contribution in [0.4, 0.5) is 4.79 Å². The molecule has 2 aliphatic rings. The Bertz CT molecular complexity index is 1090. The number of nitrogens with one attached hydrogen (secondary N) is 1. The number of nitrogens with zero attached hydrogens (tertiary/aromatic N) is 3. The fourth-order valence-electron chi connectivity index (χ4n) is 4.30. The maximum atomic E-state index is 12.9. The third-order valence-electron chi connectivity index (χ3n) is 6.03. The van der Waals surface area contributed by atoms with Crippen molar-refractivity contribution >= 4 is 23.6 Å². The second-order valence-corrected chi connectivity index (χ2v) is 8.12. The molecular formula is C21H24N4O5. The number of fused-ring (bicyclic) bond motifs is 1. The maximum absolute atomic E-state index is 12.9. The van der Waals surface area contributed by atoms with Crippen molar-refractivity contribution in [3.05, 3.63) is 46.0 Å². The van der Waals surface area contributed by atoms with Crippen LogP contribution in [0.3, 0.4) is 0 Å². The van der Waals surface area contributed by atoms with Gasteiger partial charge >= 0.3 is 12.0 Å². The molecule has 2 aromatic rings. The number of aryl methyl sites for hydroxylation is 1. The summed E-state index contributed by atoms with van der Waals surface area (Å²) >= 11 is 0. The standard InChI is InChI=1S/C21H24N4O5/c1-13-6-7-16-22-15(9-17(26)24(16)10-13)12-30-18(27)11-25-19(28)21(23-20(25)29)8-4-3-5-14(21)2/h6-7,9-10,14H,3-5,8,11-12H2,1-2H3,(H,23,29)/t14-,21+/m1/s1. The van der Waals surface area contributed by atoms with Gasteiger partial charge in [-0.1, -0.05) is 25.8 Å². The van der Waals surface area contributed by atoms with Crippen LogP contribution < -0.4 is 10.9 Å². The van der Waals surface area contributed by atoms with Crippen LogP contribution in [-0.2, 0) is 20.9 Å². The first kappa shape index (κ1) is 20.1. The lowest BCUT2D eigenvalue weighted by atomic mass is 9.73. The Morgan fingerprint density at radius 2 is 2.10 bits per heavy atom. The lowest BCUT2D eigenvalue weighted by Gasteiger charge is -2.36. The molecule has 158 valence electrons. The van der Waals surface area contributed by atoms with Crippen LogP contribution in [0.1, 0.15) is 43.9 Å². The van der Waals surface area contributed by atoms with Gasteiger partial charge in [0.25, 0.3) is 11.5 Å². The number of carbonyl (C=O) groups is 3. The molecule has 3 heterocycles. The summed E-state index contributed by atoms with van der Waals surface area (Å²) in [5.41, 5.74) is 0.469.